The first-order valence-electron chi connectivity index (χ1n) is 5.68. The van der Waals surface area contributed by atoms with Crippen molar-refractivity contribution in [3.8, 4) is 0 Å². The third-order valence-electron chi connectivity index (χ3n) is 2.67. The highest BCUT2D eigenvalue weighted by Crippen LogP contribution is 2.22. The molecule has 0 aromatic carbocycles. The fourth-order valence-electron chi connectivity index (χ4n) is 1.75. The number of nitrogens with one attached hydrogen (secondary N) is 1. The molecule has 1 aromatic heterocycles. The van der Waals surface area contributed by atoms with Crippen molar-refractivity contribution >= 4 is 17.8 Å². The maximum Gasteiger partial charge on any atom is 0.375 e. The first-order valence-corrected chi connectivity index (χ1v) is 5.68. The van der Waals surface area contributed by atoms with Gasteiger partial charge in [-0.15, -0.1) is 11.7 Å². The van der Waals surface area contributed by atoms with Crippen molar-refractivity contribution in [3.05, 3.63) is 18.5 Å². The molecule has 1 atom stereocenters. The number of aromatic nitrogens is 3. The summed E-state index contributed by atoms with van der Waals surface area (Å²) in [4.78, 5) is 28.5. The zero-order valence-corrected chi connectivity index (χ0v) is 10.0. The van der Waals surface area contributed by atoms with E-state index in [-0.39, 0.29) is 30.2 Å². The Hall–Kier alpha value is -2.18. The van der Waals surface area contributed by atoms with Gasteiger partial charge >= 0.3 is 5.97 Å². The molecule has 7 nitrogen and oxygen atoms in total. The predicted octanol–water partition coefficient (Wildman–Crippen LogP) is 0.520. The molecular formula is C11H14N4O3. The number of hydrogen-bond acceptors (Lipinski definition) is 5. The van der Waals surface area contributed by atoms with Crippen LogP contribution in [0.1, 0.15) is 24.0 Å². The van der Waals surface area contributed by atoms with Crippen LogP contribution in [0.15, 0.2) is 12.7 Å². The summed E-state index contributed by atoms with van der Waals surface area (Å²) in [5, 5.41) is 6.32. The lowest BCUT2D eigenvalue weighted by atomic mass is 10.1. The van der Waals surface area contributed by atoms with Crippen molar-refractivity contribution in [3.63, 3.8) is 0 Å². The predicted molar refractivity (Wildman–Crippen MR) is 63.0 cm³/mol. The number of hydrogen-bond donors (Lipinski definition) is 1. The Morgan fingerprint density at radius 1 is 1.72 bits per heavy atom. The van der Waals surface area contributed by atoms with E-state index in [2.05, 4.69) is 21.8 Å². The highest BCUT2D eigenvalue weighted by molar-refractivity contribution is 5.95. The van der Waals surface area contributed by atoms with Crippen molar-refractivity contribution < 1.29 is 14.3 Å². The van der Waals surface area contributed by atoms with Crippen LogP contribution in [0, 0.1) is 5.92 Å². The van der Waals surface area contributed by atoms with E-state index in [1.165, 1.54) is 4.90 Å². The lowest BCUT2D eigenvalue weighted by molar-refractivity contribution is -0.117. The average molecular weight is 250 g/mol. The van der Waals surface area contributed by atoms with Crippen molar-refractivity contribution in [2.75, 3.05) is 18.1 Å². The summed E-state index contributed by atoms with van der Waals surface area (Å²) >= 11 is 0. The number of esters is 1. The Balaban J connectivity index is 2.13. The molecule has 1 saturated heterocycles. The number of nitrogens with zero attached hydrogens (tertiary/aromatic N) is 3. The van der Waals surface area contributed by atoms with Crippen LogP contribution in [0.3, 0.4) is 0 Å². The van der Waals surface area contributed by atoms with Gasteiger partial charge in [0.25, 0.3) is 5.95 Å². The molecule has 2 heterocycles. The van der Waals surface area contributed by atoms with Crippen LogP contribution in [0.2, 0.25) is 0 Å². The summed E-state index contributed by atoms with van der Waals surface area (Å²) in [6.07, 6.45) is 2.13. The van der Waals surface area contributed by atoms with Gasteiger partial charge in [-0.25, -0.2) is 4.79 Å². The Bertz CT molecular complexity index is 482. The molecule has 1 aliphatic rings. The van der Waals surface area contributed by atoms with Crippen LogP contribution in [0.5, 0.6) is 0 Å². The van der Waals surface area contributed by atoms with Crippen LogP contribution >= 0.6 is 0 Å². The van der Waals surface area contributed by atoms with Crippen LogP contribution < -0.4 is 4.90 Å². The Morgan fingerprint density at radius 2 is 2.50 bits per heavy atom. The second-order valence-corrected chi connectivity index (χ2v) is 3.91. The van der Waals surface area contributed by atoms with Gasteiger partial charge in [0.1, 0.15) is 0 Å². The molecule has 0 radical (unpaired) electrons. The highest BCUT2D eigenvalue weighted by atomic mass is 16.5. The summed E-state index contributed by atoms with van der Waals surface area (Å²) in [6, 6.07) is 0. The zero-order chi connectivity index (χ0) is 13.1. The Labute approximate surface area is 104 Å². The topological polar surface area (TPSA) is 88.2 Å². The molecule has 0 bridgehead atoms. The van der Waals surface area contributed by atoms with E-state index in [1.54, 1.807) is 13.0 Å². The molecule has 1 fully saturated rings. The van der Waals surface area contributed by atoms with E-state index in [0.717, 1.165) is 0 Å². The molecule has 18 heavy (non-hydrogen) atoms. The minimum Gasteiger partial charge on any atom is -0.460 e. The maximum atomic E-state index is 11.7. The number of rotatable bonds is 4. The van der Waals surface area contributed by atoms with Gasteiger partial charge in [-0.05, 0) is 6.92 Å². The van der Waals surface area contributed by atoms with Gasteiger partial charge in [-0.2, -0.15) is 4.98 Å². The van der Waals surface area contributed by atoms with E-state index in [9.17, 15) is 9.59 Å². The summed E-state index contributed by atoms with van der Waals surface area (Å²) < 4.78 is 4.78. The zero-order valence-electron chi connectivity index (χ0n) is 10.0. The number of ether oxygens (including phenoxy) is 1. The standard InChI is InChI=1S/C11H14N4O3/c1-3-7-5-8(16)15(6-7)11-12-9(13-14-11)10(17)18-4-2/h3,7H,1,4-6H2,2H3,(H,12,13,14). The first kappa shape index (κ1) is 12.3. The van der Waals surface area contributed by atoms with Gasteiger partial charge in [0.2, 0.25) is 11.7 Å². The highest BCUT2D eigenvalue weighted by Gasteiger charge is 2.31. The molecule has 1 aromatic rings. The molecule has 0 aliphatic carbocycles. The van der Waals surface area contributed by atoms with Gasteiger partial charge in [-0.3, -0.25) is 14.8 Å². The molecule has 1 amide bonds. The quantitative estimate of drug-likeness (QED) is 0.621. The fraction of sp³-hybridized carbons (Fsp3) is 0.455. The van der Waals surface area contributed by atoms with Gasteiger partial charge < -0.3 is 4.74 Å². The van der Waals surface area contributed by atoms with Crippen molar-refractivity contribution in [1.82, 2.24) is 15.2 Å². The van der Waals surface area contributed by atoms with Crippen LogP contribution in [0.25, 0.3) is 0 Å². The van der Waals surface area contributed by atoms with Crippen LogP contribution in [-0.2, 0) is 9.53 Å². The normalized spacial score (nSPS) is 19.1. The maximum absolute atomic E-state index is 11.7. The number of H-pyrrole nitrogens is 1. The van der Waals surface area contributed by atoms with Gasteiger partial charge in [0, 0.05) is 18.9 Å². The summed E-state index contributed by atoms with van der Waals surface area (Å²) in [7, 11) is 0. The molecular weight excluding hydrogens is 236 g/mol. The second-order valence-electron chi connectivity index (χ2n) is 3.91. The van der Waals surface area contributed by atoms with Gasteiger partial charge in [-0.1, -0.05) is 6.08 Å². The lowest BCUT2D eigenvalue weighted by Crippen LogP contribution is -2.25. The molecule has 1 aliphatic heterocycles. The molecule has 7 heteroatoms. The van der Waals surface area contributed by atoms with E-state index >= 15 is 0 Å². The van der Waals surface area contributed by atoms with E-state index < -0.39 is 5.97 Å². The van der Waals surface area contributed by atoms with Crippen molar-refractivity contribution in [2.45, 2.75) is 13.3 Å². The number of amides is 1. The number of carbonyl (C=O) groups is 2. The molecule has 96 valence electrons. The number of carbonyl (C=O) groups excluding carboxylic acids is 2. The summed E-state index contributed by atoms with van der Waals surface area (Å²) in [5.41, 5.74) is 0. The van der Waals surface area contributed by atoms with Gasteiger partial charge in [0.15, 0.2) is 0 Å². The second kappa shape index (κ2) is 4.99. The van der Waals surface area contributed by atoms with Crippen molar-refractivity contribution in [1.29, 1.82) is 0 Å². The smallest absolute Gasteiger partial charge is 0.375 e. The Kier molecular flexibility index (Phi) is 3.40. The lowest BCUT2D eigenvalue weighted by Gasteiger charge is -2.09. The molecule has 2 rings (SSSR count). The minimum absolute atomic E-state index is 0.00158. The van der Waals surface area contributed by atoms with Crippen LogP contribution in [0.4, 0.5) is 5.95 Å². The third-order valence-corrected chi connectivity index (χ3v) is 2.67. The average Bonchev–Trinajstić information content (AvgIpc) is 2.95. The molecule has 1 N–H and O–H groups in total. The Morgan fingerprint density at radius 3 is 3.11 bits per heavy atom. The molecule has 0 spiro atoms. The minimum atomic E-state index is -0.580. The van der Waals surface area contributed by atoms with E-state index in [0.29, 0.717) is 13.0 Å². The first-order chi connectivity index (χ1) is 8.65. The third kappa shape index (κ3) is 2.24. The number of aromatic amines is 1. The largest absolute Gasteiger partial charge is 0.460 e. The van der Waals surface area contributed by atoms with Gasteiger partial charge in [0.05, 0.1) is 6.61 Å². The monoisotopic (exact) mass is 250 g/mol. The summed E-state index contributed by atoms with van der Waals surface area (Å²) in [5.74, 6) is -0.353. The van der Waals surface area contributed by atoms with Crippen molar-refractivity contribution in [2.24, 2.45) is 5.92 Å². The SMILES string of the molecule is C=CC1CC(=O)N(c2n[nH]c(C(=O)OCC)n2)C1. The van der Waals surface area contributed by atoms with E-state index in [4.69, 9.17) is 4.74 Å². The number of anilines is 1. The molecule has 1 unspecified atom stereocenters. The summed E-state index contributed by atoms with van der Waals surface area (Å²) in [6.45, 7) is 6.11. The van der Waals surface area contributed by atoms with E-state index in [1.807, 2.05) is 0 Å². The fourth-order valence-corrected chi connectivity index (χ4v) is 1.75. The van der Waals surface area contributed by atoms with Crippen LogP contribution in [-0.4, -0.2) is 40.2 Å². The molecule has 0 saturated carbocycles.